The van der Waals surface area contributed by atoms with Crippen LogP contribution in [-0.4, -0.2) is 83.9 Å². The Balaban J connectivity index is 1.45. The third-order valence-electron chi connectivity index (χ3n) is 7.84. The van der Waals surface area contributed by atoms with E-state index >= 15 is 0 Å². The molecule has 0 unspecified atom stereocenters. The Morgan fingerprint density at radius 2 is 1.05 bits per heavy atom. The summed E-state index contributed by atoms with van der Waals surface area (Å²) in [5.41, 5.74) is 2.84. The molecule has 2 amide bonds. The molecule has 0 spiro atoms. The Labute approximate surface area is 269 Å². The van der Waals surface area contributed by atoms with Crippen molar-refractivity contribution in [3.63, 3.8) is 0 Å². The van der Waals surface area contributed by atoms with Gasteiger partial charge in [-0.05, 0) is 88.5 Å². The first kappa shape index (κ1) is 33.7. The van der Waals surface area contributed by atoms with Gasteiger partial charge in [-0.3, -0.25) is 19.6 Å². The van der Waals surface area contributed by atoms with Crippen LogP contribution in [0, 0.1) is 0 Å². The maximum atomic E-state index is 13.1. The first-order valence-corrected chi connectivity index (χ1v) is 17.8. The Morgan fingerprint density at radius 3 is 1.43 bits per heavy atom. The molecule has 0 aliphatic heterocycles. The summed E-state index contributed by atoms with van der Waals surface area (Å²) in [6.45, 7) is 15.9. The number of amides is 2. The number of rotatable bonds is 17. The van der Waals surface area contributed by atoms with Gasteiger partial charge < -0.3 is 20.4 Å². The standard InChI is InChI=1S/C34H44N6O2S2/c1-5-39(6-2)23-11-21-37-33(41)27-15-17-29(31-25(27)13-9-19-35-31)43-44-30-18-16-28(26-14-10-20-36-32(26)30)34(42)38-22-12-24-40(7-3)8-4/h9-10,13-20H,5-8,11-12,21-24H2,1-4H3,(H,37,41)(H,38,42). The number of carbonyl (C=O) groups is 2. The maximum Gasteiger partial charge on any atom is 0.251 e. The molecular formula is C34H44N6O2S2. The van der Waals surface area contributed by atoms with Crippen LogP contribution in [0.25, 0.3) is 21.8 Å². The molecular weight excluding hydrogens is 589 g/mol. The van der Waals surface area contributed by atoms with Crippen molar-refractivity contribution >= 4 is 55.2 Å². The van der Waals surface area contributed by atoms with Crippen molar-refractivity contribution in [3.05, 3.63) is 72.1 Å². The lowest BCUT2D eigenvalue weighted by Gasteiger charge is -2.18. The van der Waals surface area contributed by atoms with Crippen LogP contribution in [0.4, 0.5) is 0 Å². The Hall–Kier alpha value is -3.18. The molecule has 2 N–H and O–H groups in total. The van der Waals surface area contributed by atoms with Crippen LogP contribution in [0.15, 0.2) is 70.7 Å². The number of pyridine rings is 2. The first-order valence-electron chi connectivity index (χ1n) is 15.6. The highest BCUT2D eigenvalue weighted by atomic mass is 33.1. The monoisotopic (exact) mass is 632 g/mol. The van der Waals surface area contributed by atoms with Gasteiger partial charge in [-0.15, -0.1) is 0 Å². The summed E-state index contributed by atoms with van der Waals surface area (Å²) < 4.78 is 0. The fraction of sp³-hybridized carbons (Fsp3) is 0.412. The first-order chi connectivity index (χ1) is 21.5. The summed E-state index contributed by atoms with van der Waals surface area (Å²) in [6.07, 6.45) is 5.34. The number of carbonyl (C=O) groups excluding carboxylic acids is 2. The maximum absolute atomic E-state index is 13.1. The quantitative estimate of drug-likeness (QED) is 0.101. The zero-order valence-electron chi connectivity index (χ0n) is 26.3. The second-order valence-electron chi connectivity index (χ2n) is 10.5. The van der Waals surface area contributed by atoms with Crippen molar-refractivity contribution in [1.82, 2.24) is 30.4 Å². The molecule has 4 rings (SSSR count). The van der Waals surface area contributed by atoms with E-state index in [4.69, 9.17) is 0 Å². The Kier molecular flexibility index (Phi) is 13.3. The van der Waals surface area contributed by atoms with E-state index in [0.29, 0.717) is 24.2 Å². The molecule has 0 fully saturated rings. The largest absolute Gasteiger partial charge is 0.352 e. The fourth-order valence-corrected chi connectivity index (χ4v) is 7.45. The zero-order chi connectivity index (χ0) is 31.3. The van der Waals surface area contributed by atoms with Gasteiger partial charge in [-0.2, -0.15) is 0 Å². The van der Waals surface area contributed by atoms with Gasteiger partial charge in [0.25, 0.3) is 11.8 Å². The number of nitrogens with one attached hydrogen (secondary N) is 2. The number of benzene rings is 2. The van der Waals surface area contributed by atoms with E-state index in [0.717, 1.165) is 83.7 Å². The minimum absolute atomic E-state index is 0.0798. The van der Waals surface area contributed by atoms with Gasteiger partial charge in [0.05, 0.1) is 11.0 Å². The predicted octanol–water partition coefficient (Wildman–Crippen LogP) is 6.51. The number of nitrogens with zero attached hydrogens (tertiary/aromatic N) is 4. The summed E-state index contributed by atoms with van der Waals surface area (Å²) in [6, 6.07) is 15.3. The van der Waals surface area contributed by atoms with Crippen LogP contribution in [0.1, 0.15) is 61.3 Å². The summed E-state index contributed by atoms with van der Waals surface area (Å²) in [5.74, 6) is -0.160. The van der Waals surface area contributed by atoms with Crippen LogP contribution in [0.2, 0.25) is 0 Å². The third kappa shape index (κ3) is 8.72. The van der Waals surface area contributed by atoms with Gasteiger partial charge in [0.1, 0.15) is 0 Å². The van der Waals surface area contributed by atoms with E-state index in [9.17, 15) is 9.59 Å². The van der Waals surface area contributed by atoms with E-state index < -0.39 is 0 Å². The van der Waals surface area contributed by atoms with Crippen LogP contribution in [0.5, 0.6) is 0 Å². The predicted molar refractivity (Wildman–Crippen MR) is 185 cm³/mol. The average molecular weight is 633 g/mol. The molecule has 0 bridgehead atoms. The molecule has 0 saturated carbocycles. The van der Waals surface area contributed by atoms with Gasteiger partial charge in [0, 0.05) is 57.2 Å². The topological polar surface area (TPSA) is 90.5 Å². The Morgan fingerprint density at radius 1 is 0.636 bits per heavy atom. The van der Waals surface area contributed by atoms with Gasteiger partial charge in [0.15, 0.2) is 0 Å². The molecule has 0 radical (unpaired) electrons. The normalized spacial score (nSPS) is 11.5. The molecule has 234 valence electrons. The van der Waals surface area contributed by atoms with E-state index in [1.165, 1.54) is 0 Å². The average Bonchev–Trinajstić information content (AvgIpc) is 3.07. The van der Waals surface area contributed by atoms with Crippen LogP contribution < -0.4 is 10.6 Å². The highest BCUT2D eigenvalue weighted by molar-refractivity contribution is 8.76. The van der Waals surface area contributed by atoms with Gasteiger partial charge in [0.2, 0.25) is 0 Å². The highest BCUT2D eigenvalue weighted by Gasteiger charge is 2.17. The third-order valence-corrected chi connectivity index (χ3v) is 10.3. The summed E-state index contributed by atoms with van der Waals surface area (Å²) >= 11 is 0. The summed E-state index contributed by atoms with van der Waals surface area (Å²) in [4.78, 5) is 42.1. The van der Waals surface area contributed by atoms with Crippen molar-refractivity contribution in [2.24, 2.45) is 0 Å². The molecule has 2 heterocycles. The van der Waals surface area contributed by atoms with Crippen LogP contribution >= 0.6 is 21.6 Å². The SMILES string of the molecule is CCN(CC)CCCNC(=O)c1ccc(SSc2ccc(C(=O)NCCCN(CC)CC)c3cccnc23)c2ncccc12. The molecule has 44 heavy (non-hydrogen) atoms. The van der Waals surface area contributed by atoms with Gasteiger partial charge in [-0.1, -0.05) is 61.4 Å². The fourth-order valence-electron chi connectivity index (χ4n) is 5.19. The molecule has 0 aliphatic rings. The molecule has 4 aromatic rings. The van der Waals surface area contributed by atoms with Gasteiger partial charge >= 0.3 is 0 Å². The summed E-state index contributed by atoms with van der Waals surface area (Å²) in [7, 11) is 3.16. The molecule has 0 aliphatic carbocycles. The number of fused-ring (bicyclic) bond motifs is 2. The minimum atomic E-state index is -0.0798. The lowest BCUT2D eigenvalue weighted by atomic mass is 10.1. The zero-order valence-corrected chi connectivity index (χ0v) is 27.9. The lowest BCUT2D eigenvalue weighted by molar-refractivity contribution is 0.0945. The van der Waals surface area contributed by atoms with Crippen molar-refractivity contribution < 1.29 is 9.59 Å². The highest BCUT2D eigenvalue weighted by Crippen LogP contribution is 2.43. The second kappa shape index (κ2) is 17.3. The molecule has 2 aromatic carbocycles. The van der Waals surface area contributed by atoms with E-state index in [1.807, 2.05) is 48.5 Å². The number of hydrogen-bond donors (Lipinski definition) is 2. The molecule has 8 nitrogen and oxygen atoms in total. The van der Waals surface area contributed by atoms with Crippen molar-refractivity contribution in [2.45, 2.75) is 50.3 Å². The van der Waals surface area contributed by atoms with E-state index in [2.05, 4.69) is 58.1 Å². The Bertz CT molecular complexity index is 1430. The van der Waals surface area contributed by atoms with E-state index in [-0.39, 0.29) is 11.8 Å². The lowest BCUT2D eigenvalue weighted by Crippen LogP contribution is -2.30. The molecule has 2 aromatic heterocycles. The van der Waals surface area contributed by atoms with Gasteiger partial charge in [-0.25, -0.2) is 0 Å². The van der Waals surface area contributed by atoms with Crippen molar-refractivity contribution in [3.8, 4) is 0 Å². The van der Waals surface area contributed by atoms with Crippen molar-refractivity contribution in [1.29, 1.82) is 0 Å². The smallest absolute Gasteiger partial charge is 0.251 e. The minimum Gasteiger partial charge on any atom is -0.352 e. The van der Waals surface area contributed by atoms with Crippen LogP contribution in [0.3, 0.4) is 0 Å². The summed E-state index contributed by atoms with van der Waals surface area (Å²) in [5, 5.41) is 7.83. The van der Waals surface area contributed by atoms with E-state index in [1.54, 1.807) is 34.0 Å². The molecule has 10 heteroatoms. The molecule has 0 atom stereocenters. The number of aromatic nitrogens is 2. The number of hydrogen-bond acceptors (Lipinski definition) is 8. The van der Waals surface area contributed by atoms with Crippen LogP contribution in [-0.2, 0) is 0 Å². The second-order valence-corrected chi connectivity index (χ2v) is 12.7. The molecule has 0 saturated heterocycles. The van der Waals surface area contributed by atoms with Crippen molar-refractivity contribution in [2.75, 3.05) is 52.4 Å².